The van der Waals surface area contributed by atoms with E-state index in [-0.39, 0.29) is 0 Å². The van der Waals surface area contributed by atoms with Crippen LogP contribution in [0.15, 0.2) is 18.2 Å². The number of benzene rings is 1. The molecule has 0 aliphatic carbocycles. The van der Waals surface area contributed by atoms with Gasteiger partial charge in [-0.2, -0.15) is 5.26 Å². The maximum Gasteiger partial charge on any atom is 0.101 e. The molecule has 90 valence electrons. The monoisotopic (exact) mass is 229 g/mol. The quantitative estimate of drug-likeness (QED) is 0.847. The highest BCUT2D eigenvalue weighted by atomic mass is 15.1. The van der Waals surface area contributed by atoms with Crippen LogP contribution in [0.4, 0.5) is 11.4 Å². The van der Waals surface area contributed by atoms with Gasteiger partial charge in [-0.1, -0.05) is 6.92 Å². The van der Waals surface area contributed by atoms with E-state index in [4.69, 9.17) is 0 Å². The van der Waals surface area contributed by atoms with Crippen LogP contribution in [0.2, 0.25) is 0 Å². The van der Waals surface area contributed by atoms with Gasteiger partial charge in [0, 0.05) is 25.8 Å². The van der Waals surface area contributed by atoms with Gasteiger partial charge in [-0.05, 0) is 37.0 Å². The summed E-state index contributed by atoms with van der Waals surface area (Å²) in [5.41, 5.74) is 2.85. The second kappa shape index (κ2) is 5.09. The average molecular weight is 229 g/mol. The van der Waals surface area contributed by atoms with Gasteiger partial charge in [-0.3, -0.25) is 0 Å². The van der Waals surface area contributed by atoms with Crippen molar-refractivity contribution in [2.24, 2.45) is 5.92 Å². The molecule has 1 aliphatic heterocycles. The molecular formula is C14H19N3. The van der Waals surface area contributed by atoms with Gasteiger partial charge in [0.1, 0.15) is 6.07 Å². The SMILES string of the molecule is CNc1ccc(N2CCC(C)CC2)c(C#N)c1. The van der Waals surface area contributed by atoms with E-state index in [0.717, 1.165) is 35.9 Å². The number of hydrogen-bond acceptors (Lipinski definition) is 3. The van der Waals surface area contributed by atoms with E-state index in [2.05, 4.69) is 29.3 Å². The van der Waals surface area contributed by atoms with Crippen molar-refractivity contribution in [3.8, 4) is 6.07 Å². The molecular weight excluding hydrogens is 210 g/mol. The fraction of sp³-hybridized carbons (Fsp3) is 0.500. The van der Waals surface area contributed by atoms with Gasteiger partial charge in [-0.15, -0.1) is 0 Å². The molecule has 3 nitrogen and oxygen atoms in total. The lowest BCUT2D eigenvalue weighted by Gasteiger charge is -2.32. The summed E-state index contributed by atoms with van der Waals surface area (Å²) in [5.74, 6) is 0.813. The van der Waals surface area contributed by atoms with Gasteiger partial charge < -0.3 is 10.2 Å². The van der Waals surface area contributed by atoms with E-state index in [1.807, 2.05) is 19.2 Å². The van der Waals surface area contributed by atoms with Crippen LogP contribution in [0.1, 0.15) is 25.3 Å². The Kier molecular flexibility index (Phi) is 3.53. The summed E-state index contributed by atoms with van der Waals surface area (Å²) in [4.78, 5) is 2.33. The summed E-state index contributed by atoms with van der Waals surface area (Å²) >= 11 is 0. The topological polar surface area (TPSA) is 39.1 Å². The molecule has 1 aliphatic rings. The molecule has 1 heterocycles. The van der Waals surface area contributed by atoms with Crippen molar-refractivity contribution >= 4 is 11.4 Å². The van der Waals surface area contributed by atoms with E-state index in [1.54, 1.807) is 0 Å². The Bertz CT molecular complexity index is 426. The number of rotatable bonds is 2. The van der Waals surface area contributed by atoms with Crippen molar-refractivity contribution in [1.29, 1.82) is 5.26 Å². The Morgan fingerprint density at radius 1 is 1.35 bits per heavy atom. The molecule has 0 unspecified atom stereocenters. The van der Waals surface area contributed by atoms with Crippen molar-refractivity contribution in [2.75, 3.05) is 30.4 Å². The number of anilines is 2. The zero-order chi connectivity index (χ0) is 12.3. The summed E-state index contributed by atoms with van der Waals surface area (Å²) in [6.45, 7) is 4.43. The highest BCUT2D eigenvalue weighted by Crippen LogP contribution is 2.27. The molecule has 3 heteroatoms. The zero-order valence-corrected chi connectivity index (χ0v) is 10.5. The molecule has 0 aromatic heterocycles. The molecule has 1 aromatic carbocycles. The first-order valence-electron chi connectivity index (χ1n) is 6.21. The lowest BCUT2D eigenvalue weighted by molar-refractivity contribution is 0.438. The summed E-state index contributed by atoms with van der Waals surface area (Å²) in [7, 11) is 1.87. The molecule has 1 N–H and O–H groups in total. The molecule has 1 fully saturated rings. The molecule has 0 saturated carbocycles. The lowest BCUT2D eigenvalue weighted by atomic mass is 9.98. The van der Waals surface area contributed by atoms with Crippen LogP contribution in [-0.2, 0) is 0 Å². The third-order valence-corrected chi connectivity index (χ3v) is 3.53. The van der Waals surface area contributed by atoms with E-state index in [1.165, 1.54) is 12.8 Å². The Morgan fingerprint density at radius 3 is 2.65 bits per heavy atom. The normalized spacial score (nSPS) is 16.6. The van der Waals surface area contributed by atoms with Crippen LogP contribution < -0.4 is 10.2 Å². The first kappa shape index (κ1) is 11.8. The van der Waals surface area contributed by atoms with E-state index >= 15 is 0 Å². The maximum absolute atomic E-state index is 9.22. The first-order valence-corrected chi connectivity index (χ1v) is 6.21. The van der Waals surface area contributed by atoms with E-state index in [0.29, 0.717) is 0 Å². The van der Waals surface area contributed by atoms with Gasteiger partial charge in [-0.25, -0.2) is 0 Å². The minimum atomic E-state index is 0.770. The Balaban J connectivity index is 2.23. The highest BCUT2D eigenvalue weighted by Gasteiger charge is 2.18. The molecule has 1 saturated heterocycles. The minimum Gasteiger partial charge on any atom is -0.388 e. The molecule has 0 spiro atoms. The molecule has 2 rings (SSSR count). The minimum absolute atomic E-state index is 0.770. The lowest BCUT2D eigenvalue weighted by Crippen LogP contribution is -2.33. The largest absolute Gasteiger partial charge is 0.388 e. The van der Waals surface area contributed by atoms with Crippen LogP contribution in [0, 0.1) is 17.2 Å². The number of nitrogens with one attached hydrogen (secondary N) is 1. The fourth-order valence-corrected chi connectivity index (χ4v) is 2.31. The average Bonchev–Trinajstić information content (AvgIpc) is 2.39. The number of nitriles is 1. The van der Waals surface area contributed by atoms with Gasteiger partial charge in [0.05, 0.1) is 11.3 Å². The van der Waals surface area contributed by atoms with Crippen molar-refractivity contribution in [2.45, 2.75) is 19.8 Å². The molecule has 0 radical (unpaired) electrons. The second-order valence-corrected chi connectivity index (χ2v) is 4.76. The Morgan fingerprint density at radius 2 is 2.06 bits per heavy atom. The van der Waals surface area contributed by atoms with Crippen molar-refractivity contribution < 1.29 is 0 Å². The summed E-state index contributed by atoms with van der Waals surface area (Å²) < 4.78 is 0. The van der Waals surface area contributed by atoms with E-state index < -0.39 is 0 Å². The van der Waals surface area contributed by atoms with Crippen molar-refractivity contribution in [3.63, 3.8) is 0 Å². The summed E-state index contributed by atoms with van der Waals surface area (Å²) in [5, 5.41) is 12.3. The predicted octanol–water partition coefficient (Wildman–Crippen LogP) is 2.84. The second-order valence-electron chi connectivity index (χ2n) is 4.76. The molecule has 1 aromatic rings. The van der Waals surface area contributed by atoms with Gasteiger partial charge >= 0.3 is 0 Å². The van der Waals surface area contributed by atoms with Crippen LogP contribution in [-0.4, -0.2) is 20.1 Å². The van der Waals surface area contributed by atoms with Crippen LogP contribution in [0.3, 0.4) is 0 Å². The number of nitrogens with zero attached hydrogens (tertiary/aromatic N) is 2. The van der Waals surface area contributed by atoms with Crippen molar-refractivity contribution in [1.82, 2.24) is 0 Å². The molecule has 0 bridgehead atoms. The third kappa shape index (κ3) is 2.52. The highest BCUT2D eigenvalue weighted by molar-refractivity contribution is 5.65. The van der Waals surface area contributed by atoms with Crippen LogP contribution in [0.25, 0.3) is 0 Å². The Hall–Kier alpha value is -1.69. The van der Waals surface area contributed by atoms with Gasteiger partial charge in [0.15, 0.2) is 0 Å². The number of piperidine rings is 1. The third-order valence-electron chi connectivity index (χ3n) is 3.53. The van der Waals surface area contributed by atoms with E-state index in [9.17, 15) is 5.26 Å². The zero-order valence-electron chi connectivity index (χ0n) is 10.5. The van der Waals surface area contributed by atoms with Crippen LogP contribution in [0.5, 0.6) is 0 Å². The standard InChI is InChI=1S/C14H19N3/c1-11-5-7-17(8-6-11)14-4-3-13(16-2)9-12(14)10-15/h3-4,9,11,16H,5-8H2,1-2H3. The van der Waals surface area contributed by atoms with Crippen LogP contribution >= 0.6 is 0 Å². The summed E-state index contributed by atoms with van der Waals surface area (Å²) in [6.07, 6.45) is 2.44. The Labute approximate surface area is 103 Å². The predicted molar refractivity (Wildman–Crippen MR) is 71.3 cm³/mol. The molecule has 17 heavy (non-hydrogen) atoms. The molecule has 0 atom stereocenters. The summed E-state index contributed by atoms with van der Waals surface area (Å²) in [6, 6.07) is 8.31. The molecule has 0 amide bonds. The van der Waals surface area contributed by atoms with Crippen molar-refractivity contribution in [3.05, 3.63) is 23.8 Å². The van der Waals surface area contributed by atoms with Gasteiger partial charge in [0.25, 0.3) is 0 Å². The number of hydrogen-bond donors (Lipinski definition) is 1. The smallest absolute Gasteiger partial charge is 0.101 e. The van der Waals surface area contributed by atoms with Gasteiger partial charge in [0.2, 0.25) is 0 Å². The maximum atomic E-state index is 9.22. The fourth-order valence-electron chi connectivity index (χ4n) is 2.31. The first-order chi connectivity index (χ1) is 8.24.